The topological polar surface area (TPSA) is 258 Å². The predicted octanol–water partition coefficient (Wildman–Crippen LogP) is -0.369. The average molecular weight is 505 g/mol. The number of nitrogen functional groups attached to an aromatic ring is 1. The summed E-state index contributed by atoms with van der Waals surface area (Å²) in [6, 6.07) is 0. The number of rotatable bonds is 8. The summed E-state index contributed by atoms with van der Waals surface area (Å²) in [5.74, 6) is 0.0604. The first-order valence-electron chi connectivity index (χ1n) is 8.19. The summed E-state index contributed by atoms with van der Waals surface area (Å²) < 4.78 is 52.8. The zero-order valence-corrected chi connectivity index (χ0v) is 18.2. The van der Waals surface area contributed by atoms with E-state index in [2.05, 4.69) is 28.2 Å². The van der Waals surface area contributed by atoms with E-state index < -0.39 is 47.9 Å². The Balaban J connectivity index is 1.70. The molecule has 20 heteroatoms. The van der Waals surface area contributed by atoms with Crippen molar-refractivity contribution in [3.05, 3.63) is 18.1 Å². The van der Waals surface area contributed by atoms with E-state index in [-0.39, 0.29) is 12.4 Å². The fourth-order valence-electron chi connectivity index (χ4n) is 2.81. The average Bonchev–Trinajstić information content (AvgIpc) is 3.13. The standard InChI is InChI=1S/C11H18N5O12P3/c1-11(4-25-30(21,22)28-31(23,24)27-29(18,19)20)8(17)2-7(26-11)6-3-15-16-9(6)13-5-14-10(16)12/h3,5,7-8,17H,2,4H2,1H3,(H,21,22)(H,23,24)(H2,12,13,14)(H2,18,19,20)/t7-,8+,11-/m1/s1. The Morgan fingerprint density at radius 2 is 1.90 bits per heavy atom. The molecule has 1 aliphatic heterocycles. The van der Waals surface area contributed by atoms with Crippen molar-refractivity contribution >= 4 is 35.1 Å². The lowest BCUT2D eigenvalue weighted by atomic mass is 9.99. The monoisotopic (exact) mass is 505 g/mol. The third-order valence-electron chi connectivity index (χ3n) is 4.19. The van der Waals surface area contributed by atoms with Crippen molar-refractivity contribution in [1.82, 2.24) is 19.6 Å². The van der Waals surface area contributed by atoms with Crippen LogP contribution in [-0.4, -0.2) is 62.6 Å². The van der Waals surface area contributed by atoms with Crippen LogP contribution in [0.1, 0.15) is 25.0 Å². The molecule has 1 fully saturated rings. The number of anilines is 1. The van der Waals surface area contributed by atoms with Crippen molar-refractivity contribution in [1.29, 1.82) is 0 Å². The zero-order chi connectivity index (χ0) is 23.2. The highest BCUT2D eigenvalue weighted by Crippen LogP contribution is 2.66. The molecular formula is C11H18N5O12P3. The number of nitrogens with two attached hydrogens (primary N) is 1. The van der Waals surface area contributed by atoms with E-state index in [9.17, 15) is 28.6 Å². The largest absolute Gasteiger partial charge is 0.490 e. The van der Waals surface area contributed by atoms with E-state index in [0.29, 0.717) is 11.2 Å². The minimum Gasteiger partial charge on any atom is -0.390 e. The molecule has 0 aromatic carbocycles. The minimum absolute atomic E-state index is 0.00151. The van der Waals surface area contributed by atoms with Gasteiger partial charge in [-0.25, -0.2) is 23.7 Å². The van der Waals surface area contributed by atoms with Gasteiger partial charge in [0.25, 0.3) is 0 Å². The van der Waals surface area contributed by atoms with Gasteiger partial charge >= 0.3 is 23.5 Å². The Morgan fingerprint density at radius 1 is 1.23 bits per heavy atom. The van der Waals surface area contributed by atoms with Gasteiger partial charge in [-0.05, 0) is 6.92 Å². The lowest BCUT2D eigenvalue weighted by Gasteiger charge is -2.28. The maximum absolute atomic E-state index is 11.9. The number of hydrogen-bond donors (Lipinski definition) is 6. The maximum atomic E-state index is 11.9. The Hall–Kier alpha value is -1.32. The predicted molar refractivity (Wildman–Crippen MR) is 97.9 cm³/mol. The van der Waals surface area contributed by atoms with E-state index in [1.54, 1.807) is 0 Å². The van der Waals surface area contributed by atoms with E-state index in [1.807, 2.05) is 0 Å². The van der Waals surface area contributed by atoms with Crippen LogP contribution in [0.3, 0.4) is 0 Å². The third kappa shape index (κ3) is 5.73. The maximum Gasteiger partial charge on any atom is 0.490 e. The number of aliphatic hydroxyl groups is 1. The van der Waals surface area contributed by atoms with Gasteiger partial charge in [-0.15, -0.1) is 0 Å². The van der Waals surface area contributed by atoms with Crippen LogP contribution in [0.15, 0.2) is 12.5 Å². The van der Waals surface area contributed by atoms with Gasteiger partial charge < -0.3 is 35.2 Å². The molecule has 0 aliphatic carbocycles. The molecule has 5 atom stereocenters. The number of fused-ring (bicyclic) bond motifs is 1. The minimum atomic E-state index is -5.66. The van der Waals surface area contributed by atoms with Crippen LogP contribution in [0.25, 0.3) is 5.65 Å². The molecule has 2 unspecified atom stereocenters. The molecule has 0 spiro atoms. The molecule has 0 bridgehead atoms. The molecule has 1 saturated heterocycles. The first-order valence-corrected chi connectivity index (χ1v) is 12.7. The molecule has 31 heavy (non-hydrogen) atoms. The quantitative estimate of drug-likeness (QED) is 0.250. The van der Waals surface area contributed by atoms with Crippen LogP contribution >= 0.6 is 23.5 Å². The third-order valence-corrected chi connectivity index (χ3v) is 7.97. The van der Waals surface area contributed by atoms with Crippen molar-refractivity contribution in [2.75, 3.05) is 12.3 Å². The Kier molecular flexibility index (Phi) is 6.46. The highest BCUT2D eigenvalue weighted by Gasteiger charge is 2.48. The van der Waals surface area contributed by atoms with Crippen LogP contribution in [0.4, 0.5) is 5.95 Å². The fraction of sp³-hybridized carbons (Fsp3) is 0.545. The van der Waals surface area contributed by atoms with Gasteiger partial charge in [0.1, 0.15) is 11.9 Å². The Labute approximate surface area is 173 Å². The molecule has 3 heterocycles. The zero-order valence-electron chi connectivity index (χ0n) is 15.5. The smallest absolute Gasteiger partial charge is 0.390 e. The highest BCUT2D eigenvalue weighted by molar-refractivity contribution is 7.66. The lowest BCUT2D eigenvalue weighted by Crippen LogP contribution is -2.40. The van der Waals surface area contributed by atoms with Gasteiger partial charge in [0.2, 0.25) is 5.95 Å². The van der Waals surface area contributed by atoms with Gasteiger partial charge in [-0.3, -0.25) is 4.52 Å². The summed E-state index contributed by atoms with van der Waals surface area (Å²) in [4.78, 5) is 43.7. The normalized spacial score (nSPS) is 28.5. The van der Waals surface area contributed by atoms with Gasteiger partial charge in [0.15, 0.2) is 5.65 Å². The molecule has 2 aromatic rings. The van der Waals surface area contributed by atoms with Crippen molar-refractivity contribution in [2.45, 2.75) is 31.2 Å². The number of aromatic nitrogens is 4. The van der Waals surface area contributed by atoms with Crippen LogP contribution in [0.5, 0.6) is 0 Å². The number of phosphoric acid groups is 3. The van der Waals surface area contributed by atoms with E-state index in [4.69, 9.17) is 20.3 Å². The van der Waals surface area contributed by atoms with Crippen molar-refractivity contribution in [3.63, 3.8) is 0 Å². The lowest BCUT2D eigenvalue weighted by molar-refractivity contribution is -0.0971. The highest BCUT2D eigenvalue weighted by atomic mass is 31.3. The summed E-state index contributed by atoms with van der Waals surface area (Å²) in [7, 11) is -16.5. The van der Waals surface area contributed by atoms with E-state index in [0.717, 1.165) is 0 Å². The van der Waals surface area contributed by atoms with Crippen molar-refractivity contribution < 1.29 is 56.3 Å². The summed E-state index contributed by atoms with van der Waals surface area (Å²) in [5.41, 5.74) is 4.85. The molecule has 3 rings (SSSR count). The first-order chi connectivity index (χ1) is 14.1. The van der Waals surface area contributed by atoms with Crippen LogP contribution < -0.4 is 5.73 Å². The number of hydrogen-bond acceptors (Lipinski definition) is 12. The second-order valence-corrected chi connectivity index (χ2v) is 11.0. The first kappa shape index (κ1) is 24.3. The summed E-state index contributed by atoms with van der Waals surface area (Å²) in [6.07, 6.45) is 0.582. The van der Waals surface area contributed by atoms with Gasteiger partial charge in [0.05, 0.1) is 25.0 Å². The van der Waals surface area contributed by atoms with Gasteiger partial charge in [-0.2, -0.15) is 18.2 Å². The fourth-order valence-corrected chi connectivity index (χ4v) is 5.93. The van der Waals surface area contributed by atoms with Gasteiger partial charge in [-0.1, -0.05) is 0 Å². The number of aliphatic hydroxyl groups excluding tert-OH is 1. The molecule has 0 amide bonds. The van der Waals surface area contributed by atoms with Crippen LogP contribution in [0, 0.1) is 0 Å². The van der Waals surface area contributed by atoms with Crippen LogP contribution in [-0.2, 0) is 31.6 Å². The molecule has 2 aromatic heterocycles. The number of nitrogens with zero attached hydrogens (tertiary/aromatic N) is 4. The van der Waals surface area contributed by atoms with Crippen LogP contribution in [0.2, 0.25) is 0 Å². The molecule has 17 nitrogen and oxygen atoms in total. The summed E-state index contributed by atoms with van der Waals surface area (Å²) >= 11 is 0. The van der Waals surface area contributed by atoms with E-state index >= 15 is 0 Å². The SMILES string of the molecule is C[C@]1(COP(=O)(O)OP(=O)(O)OP(=O)(O)O)O[C@@H](c2cnn3c(N)ncnc23)C[C@@H]1O. The second kappa shape index (κ2) is 8.23. The number of ether oxygens (including phenoxy) is 1. The molecular weight excluding hydrogens is 487 g/mol. The van der Waals surface area contributed by atoms with Crippen molar-refractivity contribution in [2.24, 2.45) is 0 Å². The number of phosphoric ester groups is 1. The summed E-state index contributed by atoms with van der Waals surface area (Å²) in [6.45, 7) is 0.516. The molecule has 1 aliphatic rings. The van der Waals surface area contributed by atoms with Crippen molar-refractivity contribution in [3.8, 4) is 0 Å². The molecule has 0 radical (unpaired) electrons. The summed E-state index contributed by atoms with van der Waals surface area (Å²) in [5, 5.41) is 14.4. The van der Waals surface area contributed by atoms with E-state index in [1.165, 1.54) is 24.0 Å². The van der Waals surface area contributed by atoms with Gasteiger partial charge in [0, 0.05) is 12.0 Å². The molecule has 7 N–H and O–H groups in total. The Bertz CT molecular complexity index is 1120. The molecule has 0 saturated carbocycles. The second-order valence-electron chi connectivity index (χ2n) is 6.60. The Morgan fingerprint density at radius 3 is 2.55 bits per heavy atom. The molecule has 174 valence electrons.